The van der Waals surface area contributed by atoms with Crippen LogP contribution in [-0.2, 0) is 22.7 Å². The van der Waals surface area contributed by atoms with Crippen molar-refractivity contribution in [2.45, 2.75) is 38.1 Å². The molecular formula is C32H35BrClNO3. The summed E-state index contributed by atoms with van der Waals surface area (Å²) in [5, 5.41) is 6.03. The van der Waals surface area contributed by atoms with Crippen LogP contribution in [-0.4, -0.2) is 32.4 Å². The van der Waals surface area contributed by atoms with Crippen LogP contribution in [0.4, 0.5) is 0 Å². The van der Waals surface area contributed by atoms with Crippen LogP contribution >= 0.6 is 28.3 Å². The first kappa shape index (κ1) is 28.6. The summed E-state index contributed by atoms with van der Waals surface area (Å²) < 4.78 is 19.3. The fraction of sp³-hybridized carbons (Fsp3) is 0.312. The van der Waals surface area contributed by atoms with Crippen molar-refractivity contribution in [3.05, 3.63) is 112 Å². The van der Waals surface area contributed by atoms with Gasteiger partial charge < -0.3 is 19.5 Å². The first-order chi connectivity index (χ1) is 18.2. The molecular weight excluding hydrogens is 562 g/mol. The molecule has 4 nitrogen and oxygen atoms in total. The number of fused-ring (bicyclic) bond motifs is 1. The number of piperidine rings is 1. The highest BCUT2D eigenvalue weighted by Crippen LogP contribution is 2.30. The van der Waals surface area contributed by atoms with E-state index in [9.17, 15) is 0 Å². The second-order valence-corrected chi connectivity index (χ2v) is 10.5. The van der Waals surface area contributed by atoms with E-state index in [2.05, 4.69) is 100 Å². The standard InChI is InChI=1S/C32H34BrNO3.ClH/c33-29-12-7-24(8-13-29)22-35-18-3-19-36-30-14-10-27(11-15-30)31-16-17-34-21-32(31)37-23-25-6-9-26-4-1-2-5-28(26)20-25;/h1-2,4-15,20,31-32,34H,3,16-19,21-23H2;1H. The minimum absolute atomic E-state index is 0. The number of hydrogen-bond donors (Lipinski definition) is 1. The highest BCUT2D eigenvalue weighted by Gasteiger charge is 2.27. The summed E-state index contributed by atoms with van der Waals surface area (Å²) in [6.07, 6.45) is 2.07. The molecule has 2 atom stereocenters. The van der Waals surface area contributed by atoms with Crippen LogP contribution < -0.4 is 10.1 Å². The predicted octanol–water partition coefficient (Wildman–Crippen LogP) is 7.67. The largest absolute Gasteiger partial charge is 0.494 e. The number of ether oxygens (including phenoxy) is 3. The number of halogens is 2. The zero-order valence-electron chi connectivity index (χ0n) is 21.5. The van der Waals surface area contributed by atoms with E-state index in [1.165, 1.54) is 27.5 Å². The number of benzene rings is 4. The highest BCUT2D eigenvalue weighted by atomic mass is 79.9. The highest BCUT2D eigenvalue weighted by molar-refractivity contribution is 9.10. The normalized spacial score (nSPS) is 17.2. The van der Waals surface area contributed by atoms with Gasteiger partial charge in [-0.25, -0.2) is 0 Å². The van der Waals surface area contributed by atoms with Crippen molar-refractivity contribution in [2.24, 2.45) is 0 Å². The van der Waals surface area contributed by atoms with E-state index in [4.69, 9.17) is 14.2 Å². The Morgan fingerprint density at radius 1 is 0.789 bits per heavy atom. The Morgan fingerprint density at radius 2 is 1.55 bits per heavy atom. The van der Waals surface area contributed by atoms with Crippen molar-refractivity contribution in [3.8, 4) is 5.75 Å². The minimum Gasteiger partial charge on any atom is -0.494 e. The lowest BCUT2D eigenvalue weighted by Crippen LogP contribution is -2.40. The van der Waals surface area contributed by atoms with Crippen molar-refractivity contribution in [1.82, 2.24) is 5.32 Å². The summed E-state index contributed by atoms with van der Waals surface area (Å²) in [4.78, 5) is 0. The van der Waals surface area contributed by atoms with E-state index in [0.29, 0.717) is 32.3 Å². The molecule has 0 bridgehead atoms. The molecule has 5 rings (SSSR count). The minimum atomic E-state index is 0. The van der Waals surface area contributed by atoms with Crippen LogP contribution in [0.5, 0.6) is 5.75 Å². The average molecular weight is 597 g/mol. The zero-order chi connectivity index (χ0) is 25.3. The maximum Gasteiger partial charge on any atom is 0.119 e. The Balaban J connectivity index is 0.00000336. The van der Waals surface area contributed by atoms with Crippen LogP contribution in [0.25, 0.3) is 10.8 Å². The van der Waals surface area contributed by atoms with Crippen molar-refractivity contribution in [1.29, 1.82) is 0 Å². The molecule has 0 amide bonds. The second kappa shape index (κ2) is 14.7. The Bertz CT molecular complexity index is 1270. The summed E-state index contributed by atoms with van der Waals surface area (Å²) in [7, 11) is 0. The van der Waals surface area contributed by atoms with Gasteiger partial charge in [0, 0.05) is 23.4 Å². The quantitative estimate of drug-likeness (QED) is 0.180. The molecule has 1 aliphatic heterocycles. The molecule has 1 saturated heterocycles. The number of nitrogens with one attached hydrogen (secondary N) is 1. The maximum atomic E-state index is 6.45. The predicted molar refractivity (Wildman–Crippen MR) is 160 cm³/mol. The summed E-state index contributed by atoms with van der Waals surface area (Å²) in [6, 6.07) is 31.8. The van der Waals surface area contributed by atoms with Gasteiger partial charge in [0.1, 0.15) is 5.75 Å². The Kier molecular flexibility index (Phi) is 11.0. The molecule has 0 aliphatic carbocycles. The van der Waals surface area contributed by atoms with Crippen LogP contribution in [0.2, 0.25) is 0 Å². The fourth-order valence-electron chi connectivity index (χ4n) is 4.85. The topological polar surface area (TPSA) is 39.7 Å². The molecule has 1 N–H and O–H groups in total. The van der Waals surface area contributed by atoms with Gasteiger partial charge in [-0.3, -0.25) is 0 Å². The van der Waals surface area contributed by atoms with Crippen molar-refractivity contribution >= 4 is 39.1 Å². The van der Waals surface area contributed by atoms with E-state index < -0.39 is 0 Å². The van der Waals surface area contributed by atoms with Gasteiger partial charge in [0.2, 0.25) is 0 Å². The lowest BCUT2D eigenvalue weighted by atomic mass is 9.87. The Labute approximate surface area is 240 Å². The fourth-order valence-corrected chi connectivity index (χ4v) is 5.12. The van der Waals surface area contributed by atoms with Gasteiger partial charge in [-0.05, 0) is 70.8 Å². The third-order valence-electron chi connectivity index (χ3n) is 6.90. The van der Waals surface area contributed by atoms with Crippen LogP contribution in [0.1, 0.15) is 35.4 Å². The average Bonchev–Trinajstić information content (AvgIpc) is 2.95. The van der Waals surface area contributed by atoms with Gasteiger partial charge in [-0.15, -0.1) is 12.4 Å². The smallest absolute Gasteiger partial charge is 0.119 e. The second-order valence-electron chi connectivity index (χ2n) is 9.58. The number of hydrogen-bond acceptors (Lipinski definition) is 4. The van der Waals surface area contributed by atoms with E-state index >= 15 is 0 Å². The van der Waals surface area contributed by atoms with Crippen LogP contribution in [0, 0.1) is 0 Å². The molecule has 6 heteroatoms. The van der Waals surface area contributed by atoms with Crippen LogP contribution in [0.15, 0.2) is 95.5 Å². The SMILES string of the molecule is Brc1ccc(COCCCOc2ccc(C3CCNCC3OCc3ccc4ccccc4c3)cc2)cc1.Cl. The van der Waals surface area contributed by atoms with E-state index in [-0.39, 0.29) is 18.5 Å². The van der Waals surface area contributed by atoms with Crippen molar-refractivity contribution < 1.29 is 14.2 Å². The van der Waals surface area contributed by atoms with E-state index in [1.54, 1.807) is 0 Å². The summed E-state index contributed by atoms with van der Waals surface area (Å²) >= 11 is 3.46. The van der Waals surface area contributed by atoms with Gasteiger partial charge in [-0.2, -0.15) is 0 Å². The molecule has 38 heavy (non-hydrogen) atoms. The molecule has 0 spiro atoms. The van der Waals surface area contributed by atoms with Gasteiger partial charge in [0.15, 0.2) is 0 Å². The monoisotopic (exact) mass is 595 g/mol. The maximum absolute atomic E-state index is 6.45. The van der Waals surface area contributed by atoms with E-state index in [1.807, 2.05) is 12.1 Å². The summed E-state index contributed by atoms with van der Waals surface area (Å²) in [5.74, 6) is 1.28. The lowest BCUT2D eigenvalue weighted by molar-refractivity contribution is 0.0106. The first-order valence-corrected chi connectivity index (χ1v) is 13.9. The molecule has 0 saturated carbocycles. The Morgan fingerprint density at radius 3 is 2.37 bits per heavy atom. The third kappa shape index (κ3) is 8.05. The summed E-state index contributed by atoms with van der Waals surface area (Å²) in [6.45, 7) is 4.46. The third-order valence-corrected chi connectivity index (χ3v) is 7.43. The molecule has 1 aliphatic rings. The zero-order valence-corrected chi connectivity index (χ0v) is 23.9. The van der Waals surface area contributed by atoms with Gasteiger partial charge in [0.25, 0.3) is 0 Å². The molecule has 1 heterocycles. The van der Waals surface area contributed by atoms with Crippen LogP contribution in [0.3, 0.4) is 0 Å². The van der Waals surface area contributed by atoms with Crippen molar-refractivity contribution in [3.63, 3.8) is 0 Å². The Hall–Kier alpha value is -2.41. The van der Waals surface area contributed by atoms with Gasteiger partial charge in [0.05, 0.1) is 32.5 Å². The van der Waals surface area contributed by atoms with Crippen molar-refractivity contribution in [2.75, 3.05) is 26.3 Å². The molecule has 200 valence electrons. The molecule has 0 aromatic heterocycles. The van der Waals surface area contributed by atoms with Gasteiger partial charge >= 0.3 is 0 Å². The first-order valence-electron chi connectivity index (χ1n) is 13.1. The molecule has 0 radical (unpaired) electrons. The molecule has 4 aromatic rings. The lowest BCUT2D eigenvalue weighted by Gasteiger charge is -2.32. The summed E-state index contributed by atoms with van der Waals surface area (Å²) in [5.41, 5.74) is 3.71. The molecule has 4 aromatic carbocycles. The van der Waals surface area contributed by atoms with Gasteiger partial charge in [-0.1, -0.05) is 76.6 Å². The number of rotatable bonds is 11. The van der Waals surface area contributed by atoms with E-state index in [0.717, 1.165) is 36.2 Å². The molecule has 1 fully saturated rings. The molecule has 2 unspecified atom stereocenters.